The van der Waals surface area contributed by atoms with Crippen molar-refractivity contribution in [3.05, 3.63) is 71.3 Å². The highest BCUT2D eigenvalue weighted by molar-refractivity contribution is 5.85. The molecule has 0 aliphatic heterocycles. The van der Waals surface area contributed by atoms with E-state index in [0.29, 0.717) is 22.8 Å². The molecule has 4 rings (SSSR count). The smallest absolute Gasteiger partial charge is 0.229 e. The molecule has 3 N–H and O–H groups in total. The van der Waals surface area contributed by atoms with Crippen LogP contribution in [0.2, 0.25) is 0 Å². The van der Waals surface area contributed by atoms with Crippen LogP contribution in [0.4, 0.5) is 27.5 Å². The molecule has 0 bridgehead atoms. The zero-order chi connectivity index (χ0) is 19.0. The van der Waals surface area contributed by atoms with E-state index >= 15 is 0 Å². The lowest BCUT2D eigenvalue weighted by atomic mass is 10.1. The van der Waals surface area contributed by atoms with Crippen molar-refractivity contribution >= 4 is 34.0 Å². The zero-order valence-corrected chi connectivity index (χ0v) is 15.4. The van der Waals surface area contributed by atoms with Crippen LogP contribution in [-0.2, 0) is 0 Å². The second-order valence-electron chi connectivity index (χ2n) is 6.73. The van der Waals surface area contributed by atoms with Crippen molar-refractivity contribution in [3.8, 4) is 0 Å². The fourth-order valence-corrected chi connectivity index (χ4v) is 3.21. The van der Waals surface area contributed by atoms with Crippen LogP contribution in [0, 0.1) is 26.6 Å². The standard InChI is InChI=1S/C21H20FN5/c1-12-8-13(2)10-15(9-12)25-21-23-7-6-19(27-21)26-18-5-4-17-16(20(18)22)11-14(3)24-17/h4-11,24H,1-3H3,(H2,23,25,26,27). The molecule has 2 aromatic carbocycles. The first kappa shape index (κ1) is 17.0. The predicted octanol–water partition coefficient (Wildman–Crippen LogP) is 5.51. The Hall–Kier alpha value is -3.41. The maximum Gasteiger partial charge on any atom is 0.229 e. The highest BCUT2D eigenvalue weighted by Gasteiger charge is 2.10. The van der Waals surface area contributed by atoms with Gasteiger partial charge in [0.1, 0.15) is 5.82 Å². The summed E-state index contributed by atoms with van der Waals surface area (Å²) in [6, 6.07) is 13.2. The van der Waals surface area contributed by atoms with Crippen molar-refractivity contribution < 1.29 is 4.39 Å². The monoisotopic (exact) mass is 361 g/mol. The summed E-state index contributed by atoms with van der Waals surface area (Å²) in [5.41, 5.74) is 5.30. The molecule has 0 unspecified atom stereocenters. The Kier molecular flexibility index (Phi) is 4.24. The number of aromatic amines is 1. The molecule has 2 heterocycles. The largest absolute Gasteiger partial charge is 0.359 e. The van der Waals surface area contributed by atoms with Crippen LogP contribution in [0.5, 0.6) is 0 Å². The van der Waals surface area contributed by atoms with Gasteiger partial charge < -0.3 is 15.6 Å². The molecule has 6 heteroatoms. The highest BCUT2D eigenvalue weighted by Crippen LogP contribution is 2.27. The molecule has 0 amide bonds. The van der Waals surface area contributed by atoms with Crippen LogP contribution in [0.25, 0.3) is 10.9 Å². The molecule has 0 saturated heterocycles. The molecule has 0 atom stereocenters. The number of halogens is 1. The molecule has 0 aliphatic rings. The van der Waals surface area contributed by atoms with Crippen molar-refractivity contribution in [3.63, 3.8) is 0 Å². The summed E-state index contributed by atoms with van der Waals surface area (Å²) in [7, 11) is 0. The Labute approximate surface area is 156 Å². The molecular weight excluding hydrogens is 341 g/mol. The Morgan fingerprint density at radius 2 is 1.70 bits per heavy atom. The predicted molar refractivity (Wildman–Crippen MR) is 108 cm³/mol. The Morgan fingerprint density at radius 1 is 0.926 bits per heavy atom. The average molecular weight is 361 g/mol. The van der Waals surface area contributed by atoms with Crippen LogP contribution >= 0.6 is 0 Å². The first-order chi connectivity index (χ1) is 13.0. The molecule has 0 saturated carbocycles. The third kappa shape index (κ3) is 3.60. The number of anilines is 4. The van der Waals surface area contributed by atoms with Gasteiger partial charge in [0, 0.05) is 28.5 Å². The summed E-state index contributed by atoms with van der Waals surface area (Å²) in [4.78, 5) is 11.8. The molecule has 5 nitrogen and oxygen atoms in total. The minimum Gasteiger partial charge on any atom is -0.359 e. The van der Waals surface area contributed by atoms with Gasteiger partial charge in [0.2, 0.25) is 5.95 Å². The number of hydrogen-bond acceptors (Lipinski definition) is 4. The minimum absolute atomic E-state index is 0.306. The Balaban J connectivity index is 1.60. The van der Waals surface area contributed by atoms with Gasteiger partial charge in [-0.05, 0) is 68.3 Å². The quantitative estimate of drug-likeness (QED) is 0.448. The molecule has 0 fully saturated rings. The van der Waals surface area contributed by atoms with Gasteiger partial charge in [-0.1, -0.05) is 6.07 Å². The number of nitrogens with zero attached hydrogens (tertiary/aromatic N) is 2. The van der Waals surface area contributed by atoms with Gasteiger partial charge in [-0.25, -0.2) is 9.37 Å². The average Bonchev–Trinajstić information content (AvgIpc) is 2.98. The molecule has 27 heavy (non-hydrogen) atoms. The summed E-state index contributed by atoms with van der Waals surface area (Å²) >= 11 is 0. The molecule has 2 aromatic heterocycles. The summed E-state index contributed by atoms with van der Waals surface area (Å²) in [6.07, 6.45) is 1.64. The first-order valence-corrected chi connectivity index (χ1v) is 8.71. The maximum atomic E-state index is 14.8. The summed E-state index contributed by atoms with van der Waals surface area (Å²) in [6.45, 7) is 5.99. The molecule has 0 radical (unpaired) electrons. The van der Waals surface area contributed by atoms with Gasteiger partial charge >= 0.3 is 0 Å². The number of H-pyrrole nitrogens is 1. The van der Waals surface area contributed by atoms with Crippen molar-refractivity contribution in [2.75, 3.05) is 10.6 Å². The summed E-state index contributed by atoms with van der Waals surface area (Å²) < 4.78 is 14.8. The molecule has 136 valence electrons. The lowest BCUT2D eigenvalue weighted by Gasteiger charge is -2.10. The minimum atomic E-state index is -0.306. The summed E-state index contributed by atoms with van der Waals surface area (Å²) in [5.74, 6) is 0.658. The van der Waals surface area contributed by atoms with Crippen molar-refractivity contribution in [1.29, 1.82) is 0 Å². The van der Waals surface area contributed by atoms with Crippen LogP contribution in [-0.4, -0.2) is 15.0 Å². The van der Waals surface area contributed by atoms with Crippen LogP contribution in [0.15, 0.2) is 48.7 Å². The van der Waals surface area contributed by atoms with Gasteiger partial charge in [0.05, 0.1) is 5.69 Å². The number of rotatable bonds is 4. The second-order valence-corrected chi connectivity index (χ2v) is 6.73. The van der Waals surface area contributed by atoms with E-state index in [0.717, 1.165) is 28.0 Å². The lowest BCUT2D eigenvalue weighted by Crippen LogP contribution is -2.01. The second kappa shape index (κ2) is 6.72. The molecular formula is C21H20FN5. The number of nitrogens with one attached hydrogen (secondary N) is 3. The highest BCUT2D eigenvalue weighted by atomic mass is 19.1. The third-order valence-corrected chi connectivity index (χ3v) is 4.27. The van der Waals surface area contributed by atoms with E-state index in [1.807, 2.05) is 39.0 Å². The topological polar surface area (TPSA) is 65.6 Å². The van der Waals surface area contributed by atoms with E-state index in [-0.39, 0.29) is 5.82 Å². The fourth-order valence-electron chi connectivity index (χ4n) is 3.21. The number of aromatic nitrogens is 3. The van der Waals surface area contributed by atoms with Gasteiger partial charge in [0.15, 0.2) is 5.82 Å². The SMILES string of the molecule is Cc1cc(C)cc(Nc2nccc(Nc3ccc4[nH]c(C)cc4c3F)n2)c1. The van der Waals surface area contributed by atoms with Gasteiger partial charge in [0.25, 0.3) is 0 Å². The summed E-state index contributed by atoms with van der Waals surface area (Å²) in [5, 5.41) is 6.80. The van der Waals surface area contributed by atoms with Crippen molar-refractivity contribution in [2.24, 2.45) is 0 Å². The van der Waals surface area contributed by atoms with E-state index in [1.165, 1.54) is 0 Å². The van der Waals surface area contributed by atoms with E-state index in [9.17, 15) is 4.39 Å². The van der Waals surface area contributed by atoms with Crippen molar-refractivity contribution in [1.82, 2.24) is 15.0 Å². The van der Waals surface area contributed by atoms with E-state index in [1.54, 1.807) is 24.4 Å². The van der Waals surface area contributed by atoms with Gasteiger partial charge in [-0.3, -0.25) is 0 Å². The molecule has 0 aliphatic carbocycles. The zero-order valence-electron chi connectivity index (χ0n) is 15.4. The lowest BCUT2D eigenvalue weighted by molar-refractivity contribution is 0.644. The van der Waals surface area contributed by atoms with Crippen LogP contribution in [0.3, 0.4) is 0 Å². The van der Waals surface area contributed by atoms with Crippen LogP contribution in [0.1, 0.15) is 16.8 Å². The fraction of sp³-hybridized carbons (Fsp3) is 0.143. The maximum absolute atomic E-state index is 14.8. The van der Waals surface area contributed by atoms with Gasteiger partial charge in [-0.15, -0.1) is 0 Å². The van der Waals surface area contributed by atoms with Crippen LogP contribution < -0.4 is 10.6 Å². The Morgan fingerprint density at radius 3 is 2.48 bits per heavy atom. The number of benzene rings is 2. The third-order valence-electron chi connectivity index (χ3n) is 4.27. The number of hydrogen-bond donors (Lipinski definition) is 3. The van der Waals surface area contributed by atoms with E-state index in [4.69, 9.17) is 0 Å². The first-order valence-electron chi connectivity index (χ1n) is 8.71. The number of fused-ring (bicyclic) bond motifs is 1. The normalized spacial score (nSPS) is 11.0. The van der Waals surface area contributed by atoms with Crippen molar-refractivity contribution in [2.45, 2.75) is 20.8 Å². The Bertz CT molecular complexity index is 1110. The molecule has 0 spiro atoms. The van der Waals surface area contributed by atoms with Gasteiger partial charge in [-0.2, -0.15) is 4.98 Å². The van der Waals surface area contributed by atoms with E-state index in [2.05, 4.69) is 31.7 Å². The number of aryl methyl sites for hydroxylation is 3. The molecule has 4 aromatic rings. The van der Waals surface area contributed by atoms with E-state index < -0.39 is 0 Å².